The first-order valence-electron chi connectivity index (χ1n) is 27.7. The Hall–Kier alpha value is -4.87. The van der Waals surface area contributed by atoms with Crippen LogP contribution in [0.1, 0.15) is 46.0 Å². The van der Waals surface area contributed by atoms with Gasteiger partial charge in [-0.25, -0.2) is 41.5 Å². The van der Waals surface area contributed by atoms with Gasteiger partial charge in [-0.05, 0) is 13.8 Å². The highest BCUT2D eigenvalue weighted by Gasteiger charge is 2.62. The predicted molar refractivity (Wildman–Crippen MR) is 272 cm³/mol. The molecule has 88 heavy (non-hydrogen) atoms. The Balaban J connectivity index is 0.000000176. The molecule has 0 bridgehead atoms. The number of nitrogens with zero attached hydrogens (tertiary/aromatic N) is 5. The van der Waals surface area contributed by atoms with E-state index in [9.17, 15) is 96.3 Å². The molecule has 10 rings (SSSR count). The summed E-state index contributed by atoms with van der Waals surface area (Å²) in [7, 11) is 0. The molecule has 0 radical (unpaired) electrons. The SMILES string of the molecule is C[C@@]1(F)[C@H](O)[C@@H](CO)O[C@H]1N1CCC(O)NC1=O.C[C@]1(F)[C@H](O)[C@@H](CO)O[C@H]1N1CCC(O)NC1=O.O=C1NC(O)CCN1[C@@H]1O[C@H](CO)[C@@H](O)C1(F)F.O=C1NC(O)CCN1[C@@H]1O[C@H](CO)[C@@H](O)[C@@H]1F.O=C1NC(O)CCN1[C@@H]1O[C@H](CO)[C@@H](O)[C@H]1F. The Morgan fingerprint density at radius 3 is 0.852 bits per heavy atom. The lowest BCUT2D eigenvalue weighted by Crippen LogP contribution is -2.60. The number of carbonyl (C=O) groups is 5. The van der Waals surface area contributed by atoms with E-state index < -0.39 is 216 Å². The molecule has 0 aromatic carbocycles. The minimum Gasteiger partial charge on any atom is -0.394 e. The lowest BCUT2D eigenvalue weighted by molar-refractivity contribution is -0.159. The normalized spacial score (nSPS) is 43.1. The zero-order valence-electron chi connectivity index (χ0n) is 47.1. The maximum Gasteiger partial charge on any atom is 0.321 e. The Morgan fingerprint density at radius 2 is 0.625 bits per heavy atom. The summed E-state index contributed by atoms with van der Waals surface area (Å²) in [6, 6.07) is -3.52. The highest BCUT2D eigenvalue weighted by Crippen LogP contribution is 2.40. The van der Waals surface area contributed by atoms with Crippen molar-refractivity contribution in [3.8, 4) is 0 Å². The average Bonchev–Trinajstić information content (AvgIpc) is 1.70. The van der Waals surface area contributed by atoms with Gasteiger partial charge >= 0.3 is 36.1 Å². The van der Waals surface area contributed by atoms with Crippen LogP contribution in [0, 0.1) is 0 Å². The number of nitrogens with one attached hydrogen (secondary N) is 5. The Morgan fingerprint density at radius 1 is 0.386 bits per heavy atom. The second-order valence-corrected chi connectivity index (χ2v) is 22.0. The molecule has 35 nitrogen and oxygen atoms in total. The summed E-state index contributed by atoms with van der Waals surface area (Å²) >= 11 is 0. The molecule has 0 aromatic rings. The highest BCUT2D eigenvalue weighted by atomic mass is 19.3. The molecule has 5 unspecified atom stereocenters. The largest absolute Gasteiger partial charge is 0.394 e. The van der Waals surface area contributed by atoms with Gasteiger partial charge in [0, 0.05) is 64.8 Å². The number of rotatable bonds is 10. The first kappa shape index (κ1) is 72.2. The number of ether oxygens (including phenoxy) is 5. The van der Waals surface area contributed by atoms with Crippen molar-refractivity contribution in [2.24, 2.45) is 0 Å². The minimum absolute atomic E-state index is 0.0710. The molecule has 10 amide bonds. The quantitative estimate of drug-likeness (QED) is 0.0903. The Labute approximate surface area is 495 Å². The number of aliphatic hydroxyl groups excluding tert-OH is 15. The number of amides is 10. The third-order valence-corrected chi connectivity index (χ3v) is 15.7. The number of halogens is 6. The van der Waals surface area contributed by atoms with Crippen LogP contribution in [0.3, 0.4) is 0 Å². The van der Waals surface area contributed by atoms with Crippen LogP contribution in [0.15, 0.2) is 0 Å². The molecule has 10 aliphatic rings. The summed E-state index contributed by atoms with van der Waals surface area (Å²) in [4.78, 5) is 62.8. The van der Waals surface area contributed by atoms with Gasteiger partial charge < -0.3 is 127 Å². The first-order chi connectivity index (χ1) is 41.2. The van der Waals surface area contributed by atoms with E-state index in [4.69, 9.17) is 54.3 Å². The lowest BCUT2D eigenvalue weighted by atomic mass is 9.97. The van der Waals surface area contributed by atoms with Crippen molar-refractivity contribution in [3.63, 3.8) is 0 Å². The molecule has 10 heterocycles. The highest BCUT2D eigenvalue weighted by molar-refractivity contribution is 5.77. The molecule has 10 aliphatic heterocycles. The van der Waals surface area contributed by atoms with Crippen LogP contribution < -0.4 is 26.6 Å². The topological polar surface area (TPSA) is 511 Å². The van der Waals surface area contributed by atoms with Crippen molar-refractivity contribution in [1.29, 1.82) is 0 Å². The van der Waals surface area contributed by atoms with Crippen LogP contribution in [0.25, 0.3) is 0 Å². The fourth-order valence-electron chi connectivity index (χ4n) is 10.6. The van der Waals surface area contributed by atoms with E-state index in [0.717, 1.165) is 33.4 Å². The van der Waals surface area contributed by atoms with Crippen molar-refractivity contribution in [2.75, 3.05) is 65.8 Å². The van der Waals surface area contributed by atoms with Crippen molar-refractivity contribution in [3.05, 3.63) is 0 Å². The number of hydrogen-bond acceptors (Lipinski definition) is 25. The first-order valence-corrected chi connectivity index (χ1v) is 27.7. The summed E-state index contributed by atoms with van der Waals surface area (Å²) in [5.41, 5.74) is -4.35. The molecular weight excluding hydrogens is 1220 g/mol. The number of aliphatic hydroxyl groups is 15. The van der Waals surface area contributed by atoms with E-state index in [1.165, 1.54) is 0 Å². The summed E-state index contributed by atoms with van der Waals surface area (Å²) in [6.07, 6.45) is -28.1. The standard InChI is InChI=1S/2C10H17FN2O5.C9H14F2N2O5.2C9H15FN2O5/c2*1-10(11)7(16)5(4-14)18-8(10)13-3-2-6(15)12-9(13)17;10-9(11)6(16)4(3-14)18-7(9)13-2-1-5(15)12-8(13)17;2*10-6-7(15)4(3-13)17-8(6)12-2-1-5(14)11-9(12)16/h2*5-8,14-16H,2-4H2,1H3,(H,12,17);4-7,14-16H,1-3H2,(H,12,17);2*4-8,13-15H,1-3H2,(H,11,16)/t5-,6?,7-,8-,10+;5-,6?,7-,8-,10-;4-,5?,6-,7-;4-,5?,6+,7-,8-;4-,5?,6-,7-,8-/m11111/s1. The van der Waals surface area contributed by atoms with Gasteiger partial charge in [0.2, 0.25) is 6.23 Å². The van der Waals surface area contributed by atoms with E-state index in [0.29, 0.717) is 4.90 Å². The van der Waals surface area contributed by atoms with Gasteiger partial charge in [-0.1, -0.05) is 0 Å². The fourth-order valence-corrected chi connectivity index (χ4v) is 10.6. The number of carbonyl (C=O) groups excluding carboxylic acids is 5. The summed E-state index contributed by atoms with van der Waals surface area (Å²) in [5.74, 6) is -3.67. The molecule has 10 saturated heterocycles. The second-order valence-electron chi connectivity index (χ2n) is 22.0. The van der Waals surface area contributed by atoms with Gasteiger partial charge in [0.1, 0.15) is 86.1 Å². The van der Waals surface area contributed by atoms with E-state index >= 15 is 0 Å². The van der Waals surface area contributed by atoms with E-state index in [-0.39, 0.29) is 64.8 Å². The number of urea groups is 5. The van der Waals surface area contributed by atoms with Crippen LogP contribution in [0.4, 0.5) is 50.3 Å². The van der Waals surface area contributed by atoms with Crippen molar-refractivity contribution in [2.45, 2.75) is 199 Å². The van der Waals surface area contributed by atoms with Crippen LogP contribution >= 0.6 is 0 Å². The Kier molecular flexibility index (Phi) is 24.7. The number of hydrogen-bond donors (Lipinski definition) is 20. The zero-order valence-corrected chi connectivity index (χ0v) is 47.1. The van der Waals surface area contributed by atoms with Crippen LogP contribution in [0.5, 0.6) is 0 Å². The monoisotopic (exact) mass is 1300 g/mol. The van der Waals surface area contributed by atoms with Crippen LogP contribution in [0.2, 0.25) is 0 Å². The maximum absolute atomic E-state index is 14.4. The minimum atomic E-state index is -3.67. The molecule has 41 heteroatoms. The van der Waals surface area contributed by atoms with E-state index in [1.54, 1.807) is 0 Å². The van der Waals surface area contributed by atoms with E-state index in [2.05, 4.69) is 26.6 Å². The zero-order chi connectivity index (χ0) is 65.7. The molecule has 508 valence electrons. The molecule has 0 aromatic heterocycles. The molecule has 0 aliphatic carbocycles. The summed E-state index contributed by atoms with van der Waals surface area (Å²) < 4.78 is 109. The smallest absolute Gasteiger partial charge is 0.321 e. The van der Waals surface area contributed by atoms with Crippen LogP contribution in [-0.4, -0.2) is 350 Å². The van der Waals surface area contributed by atoms with Gasteiger partial charge in [-0.3, -0.25) is 24.5 Å². The van der Waals surface area contributed by atoms with Gasteiger partial charge in [-0.15, -0.1) is 0 Å². The summed E-state index contributed by atoms with van der Waals surface area (Å²) in [6.45, 7) is -0.275. The van der Waals surface area contributed by atoms with Crippen molar-refractivity contribution in [1.82, 2.24) is 51.1 Å². The third-order valence-electron chi connectivity index (χ3n) is 15.7. The van der Waals surface area contributed by atoms with Gasteiger partial charge in [0.05, 0.1) is 33.0 Å². The fraction of sp³-hybridized carbons (Fsp3) is 0.894. The van der Waals surface area contributed by atoms with Gasteiger partial charge in [0.25, 0.3) is 0 Å². The Bertz CT molecular complexity index is 2140. The number of alkyl halides is 6. The van der Waals surface area contributed by atoms with Crippen molar-refractivity contribution < 1.29 is 151 Å². The van der Waals surface area contributed by atoms with Crippen LogP contribution in [-0.2, 0) is 23.7 Å². The molecule has 0 saturated carbocycles. The third kappa shape index (κ3) is 15.7. The average molecular weight is 1300 g/mol. The molecule has 0 spiro atoms. The molecular formula is C47H78F6N10O25. The molecule has 24 atom stereocenters. The summed E-state index contributed by atoms with van der Waals surface area (Å²) in [5, 5.41) is 149. The van der Waals surface area contributed by atoms with E-state index in [1.807, 2.05) is 0 Å². The maximum atomic E-state index is 14.4. The van der Waals surface area contributed by atoms with Gasteiger partial charge in [-0.2, -0.15) is 8.78 Å². The molecule has 20 N–H and O–H groups in total. The molecule has 10 fully saturated rings. The second kappa shape index (κ2) is 30.0. The van der Waals surface area contributed by atoms with Gasteiger partial charge in [0.15, 0.2) is 54.7 Å². The predicted octanol–water partition coefficient (Wildman–Crippen LogP) is -8.24. The lowest BCUT2D eigenvalue weighted by Gasteiger charge is -2.38. The van der Waals surface area contributed by atoms with Crippen molar-refractivity contribution >= 4 is 30.2 Å².